The predicted molar refractivity (Wildman–Crippen MR) is 119 cm³/mol. The lowest BCUT2D eigenvalue weighted by molar-refractivity contribution is -0.114. The Balaban J connectivity index is 1.36. The number of rotatable bonds is 4. The molecule has 0 unspecified atom stereocenters. The minimum atomic E-state index is -0.218. The van der Waals surface area contributed by atoms with Crippen molar-refractivity contribution in [3.63, 3.8) is 0 Å². The fourth-order valence-corrected chi connectivity index (χ4v) is 4.10. The molecule has 1 aromatic carbocycles. The number of ether oxygens (including phenoxy) is 1. The zero-order valence-corrected chi connectivity index (χ0v) is 18.3. The lowest BCUT2D eigenvalue weighted by Crippen LogP contribution is -2.49. The number of nitrogens with one attached hydrogen (secondary N) is 1. The molecule has 1 N–H and O–H groups in total. The molecule has 31 heavy (non-hydrogen) atoms. The molecule has 1 aromatic heterocycles. The van der Waals surface area contributed by atoms with Crippen LogP contribution < -0.4 is 10.2 Å². The van der Waals surface area contributed by atoms with Gasteiger partial charge in [0.15, 0.2) is 5.82 Å². The van der Waals surface area contributed by atoms with Crippen LogP contribution in [0, 0.1) is 0 Å². The first-order valence-electron chi connectivity index (χ1n) is 10.5. The number of hydrogen-bond donors (Lipinski definition) is 1. The number of piperazine rings is 1. The van der Waals surface area contributed by atoms with Gasteiger partial charge in [0.2, 0.25) is 5.91 Å². The van der Waals surface area contributed by atoms with Crippen molar-refractivity contribution in [1.82, 2.24) is 19.6 Å². The molecule has 0 spiro atoms. The number of nitrogens with zero attached hydrogens (tertiary/aromatic N) is 5. The van der Waals surface area contributed by atoms with E-state index in [2.05, 4.69) is 26.3 Å². The molecule has 0 saturated carbocycles. The maximum absolute atomic E-state index is 12.7. The molecule has 166 valence electrons. The van der Waals surface area contributed by atoms with E-state index in [0.29, 0.717) is 18.9 Å². The van der Waals surface area contributed by atoms with Crippen LogP contribution in [0.4, 0.5) is 16.3 Å². The Morgan fingerprint density at radius 1 is 1.10 bits per heavy atom. The van der Waals surface area contributed by atoms with E-state index in [0.717, 1.165) is 56.6 Å². The molecule has 0 aliphatic carbocycles. The summed E-state index contributed by atoms with van der Waals surface area (Å²) in [5.74, 6) is 0.155. The molecule has 0 radical (unpaired) electrons. The highest BCUT2D eigenvalue weighted by Crippen LogP contribution is 2.27. The average molecular weight is 447 g/mol. The van der Waals surface area contributed by atoms with E-state index in [1.165, 1.54) is 17.2 Å². The second-order valence-corrected chi connectivity index (χ2v) is 8.18. The third-order valence-corrected chi connectivity index (χ3v) is 5.76. The third-order valence-electron chi connectivity index (χ3n) is 5.53. The summed E-state index contributed by atoms with van der Waals surface area (Å²) in [4.78, 5) is 30.3. The number of carbonyl (C=O) groups is 2. The van der Waals surface area contributed by atoms with Crippen LogP contribution in [-0.4, -0.2) is 84.0 Å². The number of morpholine rings is 1. The van der Waals surface area contributed by atoms with E-state index in [1.54, 1.807) is 17.2 Å². The summed E-state index contributed by atoms with van der Waals surface area (Å²) in [6, 6.07) is 7.50. The summed E-state index contributed by atoms with van der Waals surface area (Å²) in [5.41, 5.74) is 2.40. The highest BCUT2D eigenvalue weighted by molar-refractivity contribution is 6.30. The summed E-state index contributed by atoms with van der Waals surface area (Å²) >= 11 is 6.27. The van der Waals surface area contributed by atoms with E-state index in [1.807, 2.05) is 12.1 Å². The molecule has 2 fully saturated rings. The molecular weight excluding hydrogens is 420 g/mol. The summed E-state index contributed by atoms with van der Waals surface area (Å²) in [5, 5.41) is 7.45. The second-order valence-electron chi connectivity index (χ2n) is 7.74. The number of aromatic nitrogens is 2. The van der Waals surface area contributed by atoms with Gasteiger partial charge in [0.25, 0.3) is 0 Å². The van der Waals surface area contributed by atoms with Crippen molar-refractivity contribution in [2.45, 2.75) is 13.5 Å². The lowest BCUT2D eigenvalue weighted by Gasteiger charge is -2.36. The zero-order chi connectivity index (χ0) is 21.8. The standard InChI is InChI=1S/C21H27ClN6O3/c1-16(29)23-20-4-5-28(24-20)21(30)27-8-6-25(7-9-27)15-17-2-3-18(22)14-19(17)26-10-12-31-13-11-26/h2-5,14H,6-13,15H2,1H3,(H,23,24,29). The number of anilines is 2. The van der Waals surface area contributed by atoms with Crippen molar-refractivity contribution < 1.29 is 14.3 Å². The van der Waals surface area contributed by atoms with Gasteiger partial charge in [0.1, 0.15) is 0 Å². The summed E-state index contributed by atoms with van der Waals surface area (Å²) < 4.78 is 6.76. The molecule has 3 heterocycles. The van der Waals surface area contributed by atoms with E-state index >= 15 is 0 Å². The molecular formula is C21H27ClN6O3. The van der Waals surface area contributed by atoms with Gasteiger partial charge in [0, 0.05) is 75.7 Å². The molecule has 9 nitrogen and oxygen atoms in total. The van der Waals surface area contributed by atoms with Gasteiger partial charge in [-0.05, 0) is 17.7 Å². The fraction of sp³-hybridized carbons (Fsp3) is 0.476. The Kier molecular flexibility index (Phi) is 6.74. The number of benzene rings is 1. The van der Waals surface area contributed by atoms with E-state index in [-0.39, 0.29) is 11.9 Å². The number of carbonyl (C=O) groups excluding carboxylic acids is 2. The lowest BCUT2D eigenvalue weighted by atomic mass is 10.1. The van der Waals surface area contributed by atoms with E-state index < -0.39 is 0 Å². The zero-order valence-electron chi connectivity index (χ0n) is 17.6. The molecule has 2 aromatic rings. The minimum Gasteiger partial charge on any atom is -0.378 e. The van der Waals surface area contributed by atoms with Crippen LogP contribution in [0.15, 0.2) is 30.5 Å². The van der Waals surface area contributed by atoms with Crippen LogP contribution in [-0.2, 0) is 16.1 Å². The summed E-state index contributed by atoms with van der Waals surface area (Å²) in [6.07, 6.45) is 1.57. The molecule has 0 atom stereocenters. The van der Waals surface area contributed by atoms with E-state index in [4.69, 9.17) is 16.3 Å². The van der Waals surface area contributed by atoms with Crippen LogP contribution >= 0.6 is 11.6 Å². The molecule has 4 rings (SSSR count). The largest absolute Gasteiger partial charge is 0.378 e. The first kappa shape index (κ1) is 21.6. The summed E-state index contributed by atoms with van der Waals surface area (Å²) in [7, 11) is 0. The van der Waals surface area contributed by atoms with E-state index in [9.17, 15) is 9.59 Å². The van der Waals surface area contributed by atoms with Crippen molar-refractivity contribution in [3.05, 3.63) is 41.0 Å². The minimum absolute atomic E-state index is 0.184. The van der Waals surface area contributed by atoms with Crippen molar-refractivity contribution >= 4 is 35.0 Å². The van der Waals surface area contributed by atoms with Crippen LogP contribution in [0.1, 0.15) is 12.5 Å². The first-order chi connectivity index (χ1) is 15.0. The number of hydrogen-bond acceptors (Lipinski definition) is 6. The smallest absolute Gasteiger partial charge is 0.344 e. The van der Waals surface area contributed by atoms with Gasteiger partial charge < -0.3 is 19.9 Å². The Labute approximate surface area is 186 Å². The van der Waals surface area contributed by atoms with Crippen LogP contribution in [0.3, 0.4) is 0 Å². The van der Waals surface area contributed by atoms with Gasteiger partial charge in [0.05, 0.1) is 13.2 Å². The molecule has 10 heteroatoms. The van der Waals surface area contributed by atoms with Crippen molar-refractivity contribution in [3.8, 4) is 0 Å². The van der Waals surface area contributed by atoms with Crippen molar-refractivity contribution in [1.29, 1.82) is 0 Å². The fourth-order valence-electron chi connectivity index (χ4n) is 3.93. The Hall–Kier alpha value is -2.62. The van der Waals surface area contributed by atoms with Crippen LogP contribution in [0.25, 0.3) is 0 Å². The third kappa shape index (κ3) is 5.36. The highest BCUT2D eigenvalue weighted by Gasteiger charge is 2.24. The van der Waals surface area contributed by atoms with Gasteiger partial charge in [-0.25, -0.2) is 4.79 Å². The second kappa shape index (κ2) is 9.67. The number of halogens is 1. The predicted octanol–water partition coefficient (Wildman–Crippen LogP) is 2.12. The van der Waals surface area contributed by atoms with Crippen molar-refractivity contribution in [2.75, 3.05) is 62.7 Å². The topological polar surface area (TPSA) is 82.9 Å². The normalized spacial score (nSPS) is 17.6. The number of amides is 2. The van der Waals surface area contributed by atoms with Crippen LogP contribution in [0.2, 0.25) is 5.02 Å². The average Bonchev–Trinajstić information content (AvgIpc) is 3.23. The monoisotopic (exact) mass is 446 g/mol. The maximum Gasteiger partial charge on any atom is 0.344 e. The Morgan fingerprint density at radius 3 is 2.55 bits per heavy atom. The van der Waals surface area contributed by atoms with Crippen molar-refractivity contribution in [2.24, 2.45) is 0 Å². The highest BCUT2D eigenvalue weighted by atomic mass is 35.5. The molecule has 2 amide bonds. The van der Waals surface area contributed by atoms with Crippen LogP contribution in [0.5, 0.6) is 0 Å². The molecule has 2 aliphatic heterocycles. The Morgan fingerprint density at radius 2 is 1.84 bits per heavy atom. The van der Waals surface area contributed by atoms with Gasteiger partial charge in [-0.1, -0.05) is 17.7 Å². The summed E-state index contributed by atoms with van der Waals surface area (Å²) in [6.45, 7) is 8.18. The van der Waals surface area contributed by atoms with Gasteiger partial charge in [-0.2, -0.15) is 4.68 Å². The quantitative estimate of drug-likeness (QED) is 0.774. The first-order valence-corrected chi connectivity index (χ1v) is 10.8. The van der Waals surface area contributed by atoms with Gasteiger partial charge in [-0.3, -0.25) is 9.69 Å². The maximum atomic E-state index is 12.7. The van der Waals surface area contributed by atoms with Gasteiger partial charge >= 0.3 is 6.03 Å². The Bertz CT molecular complexity index is 935. The SMILES string of the molecule is CC(=O)Nc1ccn(C(=O)N2CCN(Cc3ccc(Cl)cc3N3CCOCC3)CC2)n1. The molecule has 2 saturated heterocycles. The molecule has 0 bridgehead atoms. The molecule has 2 aliphatic rings. The van der Waals surface area contributed by atoms with Gasteiger partial charge in [-0.15, -0.1) is 5.10 Å².